The number of rotatable bonds is 11. The number of ether oxygens (including phenoxy) is 1. The van der Waals surface area contributed by atoms with Crippen molar-refractivity contribution in [2.45, 2.75) is 64.6 Å². The van der Waals surface area contributed by atoms with Gasteiger partial charge in [0.05, 0.1) is 13.2 Å². The van der Waals surface area contributed by atoms with Crippen molar-refractivity contribution in [1.82, 2.24) is 10.2 Å². The van der Waals surface area contributed by atoms with Crippen molar-refractivity contribution in [3.05, 3.63) is 0 Å². The molecule has 2 unspecified atom stereocenters. The second-order valence-corrected chi connectivity index (χ2v) is 6.02. The summed E-state index contributed by atoms with van der Waals surface area (Å²) >= 11 is 0. The van der Waals surface area contributed by atoms with E-state index in [4.69, 9.17) is 4.74 Å². The zero-order valence-corrected chi connectivity index (χ0v) is 13.1. The Hall–Kier alpha value is -0.160. The molecule has 0 saturated heterocycles. The molecule has 0 bridgehead atoms. The van der Waals surface area contributed by atoms with Crippen LogP contribution in [0.25, 0.3) is 0 Å². The first kappa shape index (κ1) is 16.9. The van der Waals surface area contributed by atoms with Crippen LogP contribution >= 0.6 is 0 Å². The molecular weight excluding hydrogens is 240 g/mol. The Labute approximate surface area is 118 Å². The summed E-state index contributed by atoms with van der Waals surface area (Å²) in [4.78, 5) is 2.43. The van der Waals surface area contributed by atoms with Crippen molar-refractivity contribution in [2.24, 2.45) is 0 Å². The van der Waals surface area contributed by atoms with Crippen LogP contribution in [0.3, 0.4) is 0 Å². The topological polar surface area (TPSA) is 44.7 Å². The Morgan fingerprint density at radius 3 is 2.58 bits per heavy atom. The molecule has 4 nitrogen and oxygen atoms in total. The Morgan fingerprint density at radius 1 is 1.42 bits per heavy atom. The van der Waals surface area contributed by atoms with Crippen LogP contribution in [0.15, 0.2) is 0 Å². The standard InChI is InChI=1S/C15H32N2O2/c1-5-17(9-10-19-6-2)13(3)11-15(4,12-18)16-14-7-8-14/h13-14,16,18H,5-12H2,1-4H3. The zero-order valence-electron chi connectivity index (χ0n) is 13.1. The summed E-state index contributed by atoms with van der Waals surface area (Å²) in [5.41, 5.74) is -0.153. The molecular formula is C15H32N2O2. The van der Waals surface area contributed by atoms with Gasteiger partial charge in [-0.1, -0.05) is 6.92 Å². The molecule has 0 aromatic rings. The second-order valence-electron chi connectivity index (χ2n) is 6.02. The van der Waals surface area contributed by atoms with Crippen LogP contribution in [0.4, 0.5) is 0 Å². The lowest BCUT2D eigenvalue weighted by Gasteiger charge is -2.36. The highest BCUT2D eigenvalue weighted by Gasteiger charge is 2.33. The van der Waals surface area contributed by atoms with Gasteiger partial charge >= 0.3 is 0 Å². The molecule has 0 amide bonds. The molecule has 114 valence electrons. The van der Waals surface area contributed by atoms with Gasteiger partial charge in [0.15, 0.2) is 0 Å². The number of aliphatic hydroxyl groups is 1. The van der Waals surface area contributed by atoms with Crippen molar-refractivity contribution < 1.29 is 9.84 Å². The monoisotopic (exact) mass is 272 g/mol. The number of likely N-dealkylation sites (N-methyl/N-ethyl adjacent to an activating group) is 1. The van der Waals surface area contributed by atoms with E-state index in [9.17, 15) is 5.11 Å². The second kappa shape index (κ2) is 8.20. The lowest BCUT2D eigenvalue weighted by molar-refractivity contribution is 0.0783. The smallest absolute Gasteiger partial charge is 0.0611 e. The predicted molar refractivity (Wildman–Crippen MR) is 79.5 cm³/mol. The lowest BCUT2D eigenvalue weighted by Crippen LogP contribution is -2.51. The van der Waals surface area contributed by atoms with Gasteiger partial charge in [0, 0.05) is 30.8 Å². The summed E-state index contributed by atoms with van der Waals surface area (Å²) in [5, 5.41) is 13.3. The highest BCUT2D eigenvalue weighted by molar-refractivity contribution is 4.94. The molecule has 1 saturated carbocycles. The first-order valence-corrected chi connectivity index (χ1v) is 7.75. The molecule has 0 spiro atoms. The van der Waals surface area contributed by atoms with Gasteiger partial charge in [-0.05, 0) is 46.6 Å². The molecule has 1 rings (SSSR count). The summed E-state index contributed by atoms with van der Waals surface area (Å²) in [6.45, 7) is 12.4. The number of hydrogen-bond acceptors (Lipinski definition) is 4. The minimum Gasteiger partial charge on any atom is -0.394 e. The van der Waals surface area contributed by atoms with Gasteiger partial charge in [0.1, 0.15) is 0 Å². The maximum absolute atomic E-state index is 9.67. The summed E-state index contributed by atoms with van der Waals surface area (Å²) in [6, 6.07) is 1.08. The van der Waals surface area contributed by atoms with Gasteiger partial charge < -0.3 is 15.2 Å². The number of hydrogen-bond donors (Lipinski definition) is 2. The fraction of sp³-hybridized carbons (Fsp3) is 1.00. The summed E-state index contributed by atoms with van der Waals surface area (Å²) in [7, 11) is 0. The first-order valence-electron chi connectivity index (χ1n) is 7.75. The number of nitrogens with one attached hydrogen (secondary N) is 1. The average molecular weight is 272 g/mol. The number of aliphatic hydroxyl groups excluding tert-OH is 1. The molecule has 2 N–H and O–H groups in total. The quantitative estimate of drug-likeness (QED) is 0.561. The van der Waals surface area contributed by atoms with E-state index in [1.54, 1.807) is 0 Å². The Morgan fingerprint density at radius 2 is 2.11 bits per heavy atom. The van der Waals surface area contributed by atoms with E-state index >= 15 is 0 Å². The van der Waals surface area contributed by atoms with Gasteiger partial charge in [0.2, 0.25) is 0 Å². The van der Waals surface area contributed by atoms with Crippen LogP contribution in [0.2, 0.25) is 0 Å². The highest BCUT2D eigenvalue weighted by Crippen LogP contribution is 2.25. The van der Waals surface area contributed by atoms with E-state index in [1.165, 1.54) is 12.8 Å². The van der Waals surface area contributed by atoms with Crippen molar-refractivity contribution in [2.75, 3.05) is 32.9 Å². The molecule has 0 radical (unpaired) electrons. The van der Waals surface area contributed by atoms with Crippen LogP contribution in [0.5, 0.6) is 0 Å². The molecule has 2 atom stereocenters. The lowest BCUT2D eigenvalue weighted by atomic mass is 9.93. The molecule has 1 fully saturated rings. The first-order chi connectivity index (χ1) is 9.04. The maximum atomic E-state index is 9.67. The van der Waals surface area contributed by atoms with Gasteiger partial charge in [0.25, 0.3) is 0 Å². The Bertz CT molecular complexity index is 246. The SMILES string of the molecule is CCOCCN(CC)C(C)CC(C)(CO)NC1CC1. The van der Waals surface area contributed by atoms with Gasteiger partial charge in [-0.25, -0.2) is 0 Å². The van der Waals surface area contributed by atoms with Crippen LogP contribution < -0.4 is 5.32 Å². The molecule has 0 aromatic carbocycles. The normalized spacial score (nSPS) is 20.5. The van der Waals surface area contributed by atoms with Crippen LogP contribution in [0, 0.1) is 0 Å². The fourth-order valence-electron chi connectivity index (χ4n) is 2.69. The van der Waals surface area contributed by atoms with E-state index in [2.05, 4.69) is 31.0 Å². The molecule has 4 heteroatoms. The number of nitrogens with zero attached hydrogens (tertiary/aromatic N) is 1. The minimum absolute atomic E-state index is 0.153. The van der Waals surface area contributed by atoms with E-state index in [0.29, 0.717) is 12.1 Å². The third kappa shape index (κ3) is 6.21. The maximum Gasteiger partial charge on any atom is 0.0611 e. The summed E-state index contributed by atoms with van der Waals surface area (Å²) in [6.07, 6.45) is 3.48. The molecule has 0 heterocycles. The third-order valence-corrected chi connectivity index (χ3v) is 3.98. The molecule has 19 heavy (non-hydrogen) atoms. The highest BCUT2D eigenvalue weighted by atomic mass is 16.5. The minimum atomic E-state index is -0.153. The van der Waals surface area contributed by atoms with E-state index in [0.717, 1.165) is 32.7 Å². The van der Waals surface area contributed by atoms with Crippen LogP contribution in [0.1, 0.15) is 47.0 Å². The summed E-state index contributed by atoms with van der Waals surface area (Å²) < 4.78 is 5.44. The average Bonchev–Trinajstić information content (AvgIpc) is 3.18. The van der Waals surface area contributed by atoms with E-state index in [-0.39, 0.29) is 12.1 Å². The van der Waals surface area contributed by atoms with Gasteiger partial charge in [-0.3, -0.25) is 4.90 Å². The third-order valence-electron chi connectivity index (χ3n) is 3.98. The van der Waals surface area contributed by atoms with Crippen molar-refractivity contribution >= 4 is 0 Å². The fourth-order valence-corrected chi connectivity index (χ4v) is 2.69. The van der Waals surface area contributed by atoms with Crippen LogP contribution in [-0.4, -0.2) is 60.5 Å². The van der Waals surface area contributed by atoms with Gasteiger partial charge in [-0.15, -0.1) is 0 Å². The van der Waals surface area contributed by atoms with Gasteiger partial charge in [-0.2, -0.15) is 0 Å². The van der Waals surface area contributed by atoms with Crippen LogP contribution in [-0.2, 0) is 4.74 Å². The predicted octanol–water partition coefficient (Wildman–Crippen LogP) is 1.63. The van der Waals surface area contributed by atoms with Crippen molar-refractivity contribution in [1.29, 1.82) is 0 Å². The molecule has 1 aliphatic carbocycles. The molecule has 0 aromatic heterocycles. The zero-order chi connectivity index (χ0) is 14.3. The molecule has 1 aliphatic rings. The molecule has 0 aliphatic heterocycles. The van der Waals surface area contributed by atoms with E-state index in [1.807, 2.05) is 6.92 Å². The summed E-state index contributed by atoms with van der Waals surface area (Å²) in [5.74, 6) is 0. The van der Waals surface area contributed by atoms with Crippen molar-refractivity contribution in [3.8, 4) is 0 Å². The Kier molecular flexibility index (Phi) is 7.29. The Balaban J connectivity index is 2.41. The van der Waals surface area contributed by atoms with Crippen molar-refractivity contribution in [3.63, 3.8) is 0 Å². The van der Waals surface area contributed by atoms with E-state index < -0.39 is 0 Å². The largest absolute Gasteiger partial charge is 0.394 e.